The molecular formula is C38H47N5O5. The first kappa shape index (κ1) is 32.8. The molecule has 0 bridgehead atoms. The van der Waals surface area contributed by atoms with Gasteiger partial charge in [-0.05, 0) is 49.9 Å². The van der Waals surface area contributed by atoms with Gasteiger partial charge in [-0.15, -0.1) is 0 Å². The Morgan fingerprint density at radius 3 is 2.54 bits per heavy atom. The Morgan fingerprint density at radius 2 is 1.71 bits per heavy atom. The number of nitrogens with zero attached hydrogens (tertiary/aromatic N) is 5. The lowest BCUT2D eigenvalue weighted by Crippen LogP contribution is -2.36. The minimum absolute atomic E-state index is 0.520. The largest absolute Gasteiger partial charge is 0.493 e. The zero-order chi connectivity index (χ0) is 33.0. The maximum atomic E-state index is 10.9. The maximum absolute atomic E-state index is 10.9. The van der Waals surface area contributed by atoms with Gasteiger partial charge in [-0.1, -0.05) is 54.6 Å². The highest BCUT2D eigenvalue weighted by Crippen LogP contribution is 2.41. The van der Waals surface area contributed by atoms with Gasteiger partial charge in [-0.2, -0.15) is 5.10 Å². The van der Waals surface area contributed by atoms with Crippen molar-refractivity contribution in [2.75, 3.05) is 60.2 Å². The second kappa shape index (κ2) is 14.8. The van der Waals surface area contributed by atoms with Crippen LogP contribution in [0.4, 0.5) is 0 Å². The molecule has 4 heterocycles. The quantitative estimate of drug-likeness (QED) is 0.153. The van der Waals surface area contributed by atoms with Crippen molar-refractivity contribution in [1.29, 1.82) is 0 Å². The van der Waals surface area contributed by atoms with Gasteiger partial charge in [-0.25, -0.2) is 0 Å². The summed E-state index contributed by atoms with van der Waals surface area (Å²) in [5.41, 5.74) is 7.02. The van der Waals surface area contributed by atoms with Crippen LogP contribution < -0.4 is 4.74 Å². The molecule has 0 unspecified atom stereocenters. The number of rotatable bonds is 11. The first-order chi connectivity index (χ1) is 23.5. The molecule has 254 valence electrons. The van der Waals surface area contributed by atoms with Crippen LogP contribution >= 0.6 is 0 Å². The fraction of sp³-hybridized carbons (Fsp3) is 0.447. The molecule has 2 N–H and O–H groups in total. The highest BCUT2D eigenvalue weighted by atomic mass is 16.5. The summed E-state index contributed by atoms with van der Waals surface area (Å²) in [7, 11) is 3.87. The smallest absolute Gasteiger partial charge is 0.194 e. The molecular weight excluding hydrogens is 606 g/mol. The molecule has 2 aromatic heterocycles. The van der Waals surface area contributed by atoms with Crippen molar-refractivity contribution >= 4 is 21.7 Å². The number of hydrogen-bond donors (Lipinski definition) is 2. The van der Waals surface area contributed by atoms with Crippen LogP contribution in [0.1, 0.15) is 41.8 Å². The molecule has 7 rings (SSSR count). The molecule has 48 heavy (non-hydrogen) atoms. The van der Waals surface area contributed by atoms with Crippen molar-refractivity contribution in [2.45, 2.75) is 51.7 Å². The van der Waals surface area contributed by atoms with Gasteiger partial charge in [0.05, 0.1) is 55.6 Å². The molecule has 3 aromatic carbocycles. The normalized spacial score (nSPS) is 16.2. The van der Waals surface area contributed by atoms with E-state index >= 15 is 0 Å². The summed E-state index contributed by atoms with van der Waals surface area (Å²) < 4.78 is 21.8. The van der Waals surface area contributed by atoms with Crippen molar-refractivity contribution in [3.63, 3.8) is 0 Å². The number of fused-ring (bicyclic) bond motifs is 3. The summed E-state index contributed by atoms with van der Waals surface area (Å²) in [6.07, 6.45) is 0.665. The minimum Gasteiger partial charge on any atom is -0.493 e. The van der Waals surface area contributed by atoms with Crippen molar-refractivity contribution in [3.8, 4) is 16.9 Å². The Balaban J connectivity index is 1.30. The SMILES string of the molecule is COCCn1nc2c(c1CN1CCOCC1)-c1cccc3c(CCCOc4cccc5ccccc45)c(C(O)O)n(c13)CCCN(C)C2. The minimum atomic E-state index is -1.60. The van der Waals surface area contributed by atoms with E-state index in [0.717, 1.165) is 114 Å². The zero-order valence-electron chi connectivity index (χ0n) is 28.1. The third-order valence-corrected chi connectivity index (χ3v) is 9.78. The van der Waals surface area contributed by atoms with E-state index in [4.69, 9.17) is 19.3 Å². The molecule has 10 nitrogen and oxygen atoms in total. The van der Waals surface area contributed by atoms with Gasteiger partial charge in [0.25, 0.3) is 0 Å². The molecule has 1 fully saturated rings. The Labute approximate surface area is 282 Å². The molecule has 2 aliphatic heterocycles. The third-order valence-electron chi connectivity index (χ3n) is 9.78. The van der Waals surface area contributed by atoms with Crippen LogP contribution in [0.15, 0.2) is 60.7 Å². The van der Waals surface area contributed by atoms with E-state index in [9.17, 15) is 10.2 Å². The van der Waals surface area contributed by atoms with E-state index < -0.39 is 6.29 Å². The predicted octanol–water partition coefficient (Wildman–Crippen LogP) is 4.97. The molecule has 0 spiro atoms. The highest BCUT2D eigenvalue weighted by molar-refractivity contribution is 5.99. The number of morpholine rings is 1. The monoisotopic (exact) mass is 653 g/mol. The number of aromatic nitrogens is 3. The fourth-order valence-electron chi connectivity index (χ4n) is 7.54. The lowest BCUT2D eigenvalue weighted by Gasteiger charge is -2.27. The van der Waals surface area contributed by atoms with Crippen molar-refractivity contribution in [2.24, 2.45) is 0 Å². The summed E-state index contributed by atoms with van der Waals surface area (Å²) in [5.74, 6) is 0.869. The molecule has 5 aromatic rings. The zero-order valence-corrected chi connectivity index (χ0v) is 28.1. The molecule has 0 atom stereocenters. The number of methoxy groups -OCH3 is 1. The first-order valence-corrected chi connectivity index (χ1v) is 17.2. The van der Waals surface area contributed by atoms with Crippen LogP contribution in [0.2, 0.25) is 0 Å². The standard InChI is InChI=1S/C38H47N5O5/c1-40-16-8-17-42-36-29(30(37(42)38(44)45)14-7-21-48-34-15-5-10-27-9-3-4-11-28(27)34)12-6-13-31(36)35-32(25-40)39-43(20-22-46-2)33(35)26-41-18-23-47-24-19-41/h3-6,9-13,15,38,44-45H,7-8,14,16-26H2,1-2H3. The Kier molecular flexibility index (Phi) is 10.1. The van der Waals surface area contributed by atoms with E-state index in [0.29, 0.717) is 38.4 Å². The van der Waals surface area contributed by atoms with E-state index in [1.54, 1.807) is 7.11 Å². The molecule has 0 radical (unpaired) electrons. The molecule has 10 heteroatoms. The van der Waals surface area contributed by atoms with E-state index in [1.807, 2.05) is 24.3 Å². The first-order valence-electron chi connectivity index (χ1n) is 17.2. The van der Waals surface area contributed by atoms with Crippen molar-refractivity contribution < 1.29 is 24.4 Å². The van der Waals surface area contributed by atoms with E-state index in [2.05, 4.69) is 62.5 Å². The third kappa shape index (κ3) is 6.61. The lowest BCUT2D eigenvalue weighted by molar-refractivity contribution is -0.0488. The Hall–Kier alpha value is -3.77. The maximum Gasteiger partial charge on any atom is 0.194 e. The predicted molar refractivity (Wildman–Crippen MR) is 187 cm³/mol. The number of ether oxygens (including phenoxy) is 3. The van der Waals surface area contributed by atoms with Crippen LogP contribution in [-0.2, 0) is 42.1 Å². The summed E-state index contributed by atoms with van der Waals surface area (Å²) in [6, 6.07) is 20.8. The number of para-hydroxylation sites is 1. The summed E-state index contributed by atoms with van der Waals surface area (Å²) in [6.45, 7) is 7.97. The molecule has 2 aliphatic rings. The number of benzene rings is 3. The molecule has 0 saturated carbocycles. The van der Waals surface area contributed by atoms with Crippen LogP contribution in [0, 0.1) is 0 Å². The van der Waals surface area contributed by atoms with E-state index in [-0.39, 0.29) is 0 Å². The van der Waals surface area contributed by atoms with Gasteiger partial charge in [0.15, 0.2) is 6.29 Å². The Morgan fingerprint density at radius 1 is 0.917 bits per heavy atom. The average molecular weight is 654 g/mol. The van der Waals surface area contributed by atoms with Gasteiger partial charge < -0.3 is 33.9 Å². The van der Waals surface area contributed by atoms with Gasteiger partial charge in [0.1, 0.15) is 5.75 Å². The lowest BCUT2D eigenvalue weighted by atomic mass is 9.97. The van der Waals surface area contributed by atoms with Crippen LogP contribution in [0.3, 0.4) is 0 Å². The molecule has 0 amide bonds. The number of aliphatic hydroxyl groups is 2. The van der Waals surface area contributed by atoms with Gasteiger partial charge in [0, 0.05) is 61.7 Å². The number of aliphatic hydroxyl groups excluding tert-OH is 1. The van der Waals surface area contributed by atoms with E-state index in [1.165, 1.54) is 0 Å². The number of aryl methyl sites for hydroxylation is 2. The second-order valence-electron chi connectivity index (χ2n) is 13.0. The van der Waals surface area contributed by atoms with Gasteiger partial charge in [0.2, 0.25) is 0 Å². The topological polar surface area (TPSA) is 97.4 Å². The number of hydrogen-bond acceptors (Lipinski definition) is 8. The summed E-state index contributed by atoms with van der Waals surface area (Å²) in [5, 5.41) is 30.4. The van der Waals surface area contributed by atoms with Crippen LogP contribution in [0.25, 0.3) is 32.8 Å². The van der Waals surface area contributed by atoms with Crippen molar-refractivity contribution in [1.82, 2.24) is 24.1 Å². The van der Waals surface area contributed by atoms with Gasteiger partial charge >= 0.3 is 0 Å². The highest BCUT2D eigenvalue weighted by Gasteiger charge is 2.29. The fourth-order valence-corrected chi connectivity index (χ4v) is 7.54. The molecule has 0 aliphatic carbocycles. The average Bonchev–Trinajstić information content (AvgIpc) is 3.60. The van der Waals surface area contributed by atoms with Crippen LogP contribution in [-0.4, -0.2) is 94.6 Å². The van der Waals surface area contributed by atoms with Gasteiger partial charge in [-0.3, -0.25) is 9.58 Å². The molecule has 1 saturated heterocycles. The van der Waals surface area contributed by atoms with Crippen molar-refractivity contribution in [3.05, 3.63) is 83.3 Å². The Bertz CT molecular complexity index is 1850. The second-order valence-corrected chi connectivity index (χ2v) is 13.0. The van der Waals surface area contributed by atoms with Crippen LogP contribution in [0.5, 0.6) is 5.75 Å². The summed E-state index contributed by atoms with van der Waals surface area (Å²) in [4.78, 5) is 4.76. The summed E-state index contributed by atoms with van der Waals surface area (Å²) >= 11 is 0.